The third kappa shape index (κ3) is 3.60. The minimum Gasteiger partial charge on any atom is -0.480 e. The van der Waals surface area contributed by atoms with Crippen molar-refractivity contribution < 1.29 is 15.0 Å². The molecule has 2 N–H and O–H groups in total. The Morgan fingerprint density at radius 2 is 1.68 bits per heavy atom. The Morgan fingerprint density at radius 1 is 1.08 bits per heavy atom. The molecular weight excluding hydrogens is 314 g/mol. The molecule has 3 rings (SSSR count). The zero-order valence-electron chi connectivity index (χ0n) is 14.6. The zero-order valence-corrected chi connectivity index (χ0v) is 14.6. The van der Waals surface area contributed by atoms with Gasteiger partial charge in [-0.05, 0) is 36.0 Å². The van der Waals surface area contributed by atoms with Crippen LogP contribution in [0.3, 0.4) is 0 Å². The van der Waals surface area contributed by atoms with Gasteiger partial charge in [0.05, 0.1) is 5.60 Å². The molecule has 1 aliphatic rings. The average Bonchev–Trinajstić information content (AvgIpc) is 2.64. The monoisotopic (exact) mass is 339 g/mol. The summed E-state index contributed by atoms with van der Waals surface area (Å²) in [4.78, 5) is 14.0. The van der Waals surface area contributed by atoms with E-state index in [1.165, 1.54) is 0 Å². The minimum absolute atomic E-state index is 0.537. The molecule has 2 aromatic rings. The highest BCUT2D eigenvalue weighted by molar-refractivity contribution is 5.76. The molecule has 0 aliphatic carbocycles. The van der Waals surface area contributed by atoms with Gasteiger partial charge >= 0.3 is 5.97 Å². The topological polar surface area (TPSA) is 60.8 Å². The van der Waals surface area contributed by atoms with Crippen molar-refractivity contribution in [2.75, 3.05) is 13.1 Å². The van der Waals surface area contributed by atoms with E-state index in [1.54, 1.807) is 0 Å². The lowest BCUT2D eigenvalue weighted by atomic mass is 9.83. The van der Waals surface area contributed by atoms with Crippen molar-refractivity contribution >= 4 is 5.97 Å². The number of rotatable bonds is 5. The number of benzene rings is 2. The lowest BCUT2D eigenvalue weighted by molar-refractivity contribution is -0.146. The summed E-state index contributed by atoms with van der Waals surface area (Å²) in [5.74, 6) is -0.828. The van der Waals surface area contributed by atoms with Gasteiger partial charge in [0.25, 0.3) is 0 Å². The van der Waals surface area contributed by atoms with Crippen LogP contribution in [-0.2, 0) is 16.8 Å². The van der Waals surface area contributed by atoms with Crippen LogP contribution in [0, 0.1) is 0 Å². The summed E-state index contributed by atoms with van der Waals surface area (Å²) in [6, 6.07) is 16.8. The number of piperidine rings is 1. The Kier molecular flexibility index (Phi) is 5.21. The lowest BCUT2D eigenvalue weighted by Crippen LogP contribution is -2.46. The number of nitrogens with zero attached hydrogens (tertiary/aromatic N) is 1. The second-order valence-corrected chi connectivity index (χ2v) is 6.73. The first-order valence-electron chi connectivity index (χ1n) is 8.88. The van der Waals surface area contributed by atoms with E-state index in [0.717, 1.165) is 23.1 Å². The SMILES string of the molecule is CCc1ccccc1[C@@H](C(=O)O)N1CCC(O)(c2ccccc2)CC1. The second kappa shape index (κ2) is 7.38. The van der Waals surface area contributed by atoms with Crippen LogP contribution in [0.2, 0.25) is 0 Å². The first-order chi connectivity index (χ1) is 12.0. The molecule has 1 fully saturated rings. The van der Waals surface area contributed by atoms with Gasteiger partial charge in [-0.25, -0.2) is 0 Å². The minimum atomic E-state index is -0.870. The van der Waals surface area contributed by atoms with Crippen LogP contribution < -0.4 is 0 Å². The van der Waals surface area contributed by atoms with Crippen LogP contribution in [-0.4, -0.2) is 34.2 Å². The van der Waals surface area contributed by atoms with Crippen LogP contribution in [0.15, 0.2) is 54.6 Å². The summed E-state index contributed by atoms with van der Waals surface area (Å²) in [7, 11) is 0. The Bertz CT molecular complexity index is 721. The standard InChI is InChI=1S/C21H25NO3/c1-2-16-8-6-7-11-18(16)19(20(23)24)22-14-12-21(25,13-15-22)17-9-4-3-5-10-17/h3-11,19,25H,2,12-15H2,1H3,(H,23,24)/t19-/m0/s1. The van der Waals surface area contributed by atoms with E-state index < -0.39 is 17.6 Å². The van der Waals surface area contributed by atoms with E-state index in [-0.39, 0.29) is 0 Å². The number of carbonyl (C=O) groups is 1. The number of carboxylic acid groups (broad SMARTS) is 1. The Labute approximate surface area is 148 Å². The number of aliphatic hydroxyl groups is 1. The van der Waals surface area contributed by atoms with Crippen molar-refractivity contribution in [1.29, 1.82) is 0 Å². The maximum absolute atomic E-state index is 12.0. The van der Waals surface area contributed by atoms with Gasteiger partial charge in [0.2, 0.25) is 0 Å². The van der Waals surface area contributed by atoms with Gasteiger partial charge in [-0.2, -0.15) is 0 Å². The van der Waals surface area contributed by atoms with Crippen molar-refractivity contribution in [3.63, 3.8) is 0 Å². The lowest BCUT2D eigenvalue weighted by Gasteiger charge is -2.41. The van der Waals surface area contributed by atoms with Gasteiger partial charge in [0.1, 0.15) is 6.04 Å². The van der Waals surface area contributed by atoms with E-state index in [2.05, 4.69) is 0 Å². The Hall–Kier alpha value is -2.17. The van der Waals surface area contributed by atoms with Crippen LogP contribution in [0.5, 0.6) is 0 Å². The number of likely N-dealkylation sites (tertiary alicyclic amines) is 1. The van der Waals surface area contributed by atoms with Crippen molar-refractivity contribution in [3.8, 4) is 0 Å². The van der Waals surface area contributed by atoms with Gasteiger partial charge in [0, 0.05) is 13.1 Å². The van der Waals surface area contributed by atoms with Crippen LogP contribution in [0.1, 0.15) is 42.5 Å². The first-order valence-corrected chi connectivity index (χ1v) is 8.88. The quantitative estimate of drug-likeness (QED) is 0.877. The van der Waals surface area contributed by atoms with Gasteiger partial charge < -0.3 is 10.2 Å². The highest BCUT2D eigenvalue weighted by Gasteiger charge is 2.38. The van der Waals surface area contributed by atoms with Crippen molar-refractivity contribution in [1.82, 2.24) is 4.90 Å². The molecule has 0 aromatic heterocycles. The molecule has 0 spiro atoms. The van der Waals surface area contributed by atoms with Crippen LogP contribution in [0.4, 0.5) is 0 Å². The number of hydrogen-bond donors (Lipinski definition) is 2. The third-order valence-corrected chi connectivity index (χ3v) is 5.27. The number of carboxylic acids is 1. The van der Waals surface area contributed by atoms with Gasteiger partial charge in [-0.3, -0.25) is 9.69 Å². The van der Waals surface area contributed by atoms with Crippen molar-refractivity contribution in [2.24, 2.45) is 0 Å². The van der Waals surface area contributed by atoms with E-state index >= 15 is 0 Å². The first kappa shape index (κ1) is 17.6. The summed E-state index contributed by atoms with van der Waals surface area (Å²) < 4.78 is 0. The summed E-state index contributed by atoms with van der Waals surface area (Å²) in [5, 5.41) is 20.8. The van der Waals surface area contributed by atoms with E-state index in [0.29, 0.717) is 25.9 Å². The molecule has 2 aromatic carbocycles. The molecule has 25 heavy (non-hydrogen) atoms. The summed E-state index contributed by atoms with van der Waals surface area (Å²) in [6.45, 7) is 3.16. The molecule has 0 unspecified atom stereocenters. The van der Waals surface area contributed by atoms with E-state index in [1.807, 2.05) is 66.4 Å². The molecule has 1 atom stereocenters. The molecular formula is C21H25NO3. The highest BCUT2D eigenvalue weighted by atomic mass is 16.4. The fourth-order valence-electron chi connectivity index (χ4n) is 3.80. The Balaban J connectivity index is 1.81. The predicted molar refractivity (Wildman–Crippen MR) is 97.3 cm³/mol. The summed E-state index contributed by atoms with van der Waals surface area (Å²) in [6.07, 6.45) is 1.88. The van der Waals surface area contributed by atoms with E-state index in [9.17, 15) is 15.0 Å². The number of aryl methyl sites for hydroxylation is 1. The third-order valence-electron chi connectivity index (χ3n) is 5.27. The molecule has 4 nitrogen and oxygen atoms in total. The second-order valence-electron chi connectivity index (χ2n) is 6.73. The van der Waals surface area contributed by atoms with Gasteiger partial charge in [0.15, 0.2) is 0 Å². The van der Waals surface area contributed by atoms with Crippen LogP contribution >= 0.6 is 0 Å². The molecule has 1 saturated heterocycles. The highest BCUT2D eigenvalue weighted by Crippen LogP contribution is 2.36. The molecule has 0 amide bonds. The van der Waals surface area contributed by atoms with Crippen molar-refractivity contribution in [3.05, 3.63) is 71.3 Å². The molecule has 132 valence electrons. The fourth-order valence-corrected chi connectivity index (χ4v) is 3.80. The zero-order chi connectivity index (χ0) is 17.9. The molecule has 0 bridgehead atoms. The number of aliphatic carboxylic acids is 1. The normalized spacial score (nSPS) is 18.6. The largest absolute Gasteiger partial charge is 0.480 e. The van der Waals surface area contributed by atoms with Crippen molar-refractivity contribution in [2.45, 2.75) is 37.8 Å². The average molecular weight is 339 g/mol. The molecule has 0 saturated carbocycles. The van der Waals surface area contributed by atoms with Gasteiger partial charge in [-0.1, -0.05) is 61.5 Å². The molecule has 1 heterocycles. The molecule has 1 aliphatic heterocycles. The van der Waals surface area contributed by atoms with Crippen LogP contribution in [0.25, 0.3) is 0 Å². The smallest absolute Gasteiger partial charge is 0.325 e. The maximum Gasteiger partial charge on any atom is 0.325 e. The van der Waals surface area contributed by atoms with Gasteiger partial charge in [-0.15, -0.1) is 0 Å². The number of hydrogen-bond acceptors (Lipinski definition) is 3. The summed E-state index contributed by atoms with van der Waals surface area (Å²) in [5.41, 5.74) is 1.97. The summed E-state index contributed by atoms with van der Waals surface area (Å²) >= 11 is 0. The molecule has 0 radical (unpaired) electrons. The maximum atomic E-state index is 12.0. The molecule has 4 heteroatoms. The predicted octanol–water partition coefficient (Wildman–Crippen LogP) is 3.36. The Morgan fingerprint density at radius 3 is 2.28 bits per heavy atom. The van der Waals surface area contributed by atoms with E-state index in [4.69, 9.17) is 0 Å². The fraction of sp³-hybridized carbons (Fsp3) is 0.381.